The Hall–Kier alpha value is -2.67. The van der Waals surface area contributed by atoms with Gasteiger partial charge in [-0.1, -0.05) is 47.6 Å². The van der Waals surface area contributed by atoms with Crippen LogP contribution in [0.1, 0.15) is 81.1 Å². The van der Waals surface area contributed by atoms with E-state index in [0.29, 0.717) is 12.1 Å². The van der Waals surface area contributed by atoms with Crippen molar-refractivity contribution in [2.45, 2.75) is 65.8 Å². The van der Waals surface area contributed by atoms with Crippen molar-refractivity contribution < 1.29 is 14.7 Å². The quantitative estimate of drug-likeness (QED) is 0.506. The molecular weight excluding hydrogens is 494 g/mol. The number of nitrogens with one attached hydrogen (secondary N) is 1. The van der Waals surface area contributed by atoms with Gasteiger partial charge >= 0.3 is 0 Å². The van der Waals surface area contributed by atoms with E-state index >= 15 is 0 Å². The van der Waals surface area contributed by atoms with Gasteiger partial charge in [0.1, 0.15) is 11.6 Å². The molecule has 2 aromatic rings. The molecule has 0 radical (unpaired) electrons. The van der Waals surface area contributed by atoms with Crippen molar-refractivity contribution in [2.24, 2.45) is 0 Å². The number of amidine groups is 1. The summed E-state index contributed by atoms with van der Waals surface area (Å²) >= 11 is 0. The maximum absolute atomic E-state index is 13.4. The zero-order valence-electron chi connectivity index (χ0n) is 21.4. The molecule has 1 aliphatic rings. The third-order valence-corrected chi connectivity index (χ3v) is 6.27. The van der Waals surface area contributed by atoms with Crippen molar-refractivity contribution in [2.75, 3.05) is 18.5 Å². The number of benzene rings is 2. The number of ketones is 1. The highest BCUT2D eigenvalue weighted by atomic mass is 79.9. The van der Waals surface area contributed by atoms with E-state index in [1.165, 1.54) is 6.92 Å². The number of carbonyl (C=O) groups is 2. The predicted octanol–water partition coefficient (Wildman–Crippen LogP) is 5.57. The average molecular weight is 531 g/mol. The molecule has 0 unspecified atom stereocenters. The Balaban J connectivity index is 0.00000408. The minimum Gasteiger partial charge on any atom is -0.507 e. The van der Waals surface area contributed by atoms with Crippen LogP contribution in [0.5, 0.6) is 5.75 Å². The summed E-state index contributed by atoms with van der Waals surface area (Å²) in [5, 5.41) is 19.6. The molecule has 0 spiro atoms. The van der Waals surface area contributed by atoms with Crippen molar-refractivity contribution in [1.82, 2.24) is 4.90 Å². The fraction of sp³-hybridized carbons (Fsp3) is 0.444. The Morgan fingerprint density at radius 3 is 2.03 bits per heavy atom. The van der Waals surface area contributed by atoms with Gasteiger partial charge in [-0.05, 0) is 40.7 Å². The number of aromatic hydroxyl groups is 1. The van der Waals surface area contributed by atoms with E-state index in [2.05, 4.69) is 0 Å². The summed E-state index contributed by atoms with van der Waals surface area (Å²) in [5.41, 5.74) is 3.82. The van der Waals surface area contributed by atoms with Crippen molar-refractivity contribution in [3.8, 4) is 5.75 Å². The highest BCUT2D eigenvalue weighted by Gasteiger charge is 2.30. The lowest BCUT2D eigenvalue weighted by atomic mass is 9.78. The van der Waals surface area contributed by atoms with E-state index < -0.39 is 0 Å². The molecule has 34 heavy (non-hydrogen) atoms. The number of hydrogen-bond acceptors (Lipinski definition) is 4. The topological polar surface area (TPSA) is 84.7 Å². The summed E-state index contributed by atoms with van der Waals surface area (Å²) in [6, 6.07) is 9.20. The molecule has 0 aliphatic carbocycles. The lowest BCUT2D eigenvalue weighted by Gasteiger charge is -2.28. The van der Waals surface area contributed by atoms with Crippen LogP contribution in [-0.4, -0.2) is 41.1 Å². The van der Waals surface area contributed by atoms with Crippen LogP contribution >= 0.6 is 17.0 Å². The van der Waals surface area contributed by atoms with Gasteiger partial charge in [-0.25, -0.2) is 0 Å². The van der Waals surface area contributed by atoms with Crippen molar-refractivity contribution >= 4 is 40.2 Å². The second-order valence-electron chi connectivity index (χ2n) is 11.0. The number of rotatable bonds is 4. The van der Waals surface area contributed by atoms with Gasteiger partial charge in [0, 0.05) is 48.5 Å². The Morgan fingerprint density at radius 1 is 1.03 bits per heavy atom. The van der Waals surface area contributed by atoms with E-state index in [9.17, 15) is 14.7 Å². The van der Waals surface area contributed by atoms with Crippen LogP contribution in [0, 0.1) is 5.41 Å². The first-order chi connectivity index (χ1) is 15.1. The average Bonchev–Trinajstić information content (AvgIpc) is 3.00. The van der Waals surface area contributed by atoms with E-state index in [4.69, 9.17) is 5.41 Å². The smallest absolute Gasteiger partial charge is 0.223 e. The molecular formula is C27H36BrN3O3. The van der Waals surface area contributed by atoms with Gasteiger partial charge in [-0.3, -0.25) is 15.0 Å². The summed E-state index contributed by atoms with van der Waals surface area (Å²) in [6.45, 7) is 14.2. The number of halogens is 1. The van der Waals surface area contributed by atoms with Crippen molar-refractivity contribution in [3.63, 3.8) is 0 Å². The summed E-state index contributed by atoms with van der Waals surface area (Å²) in [5.74, 6) is 0.353. The molecule has 184 valence electrons. The maximum Gasteiger partial charge on any atom is 0.223 e. The first-order valence-electron chi connectivity index (χ1n) is 11.2. The number of hydrogen-bond donors (Lipinski definition) is 2. The van der Waals surface area contributed by atoms with Gasteiger partial charge in [0.05, 0.1) is 6.54 Å². The molecule has 0 saturated heterocycles. The van der Waals surface area contributed by atoms with Crippen LogP contribution in [0.3, 0.4) is 0 Å². The highest BCUT2D eigenvalue weighted by molar-refractivity contribution is 8.93. The Kier molecular flexibility index (Phi) is 7.73. The predicted molar refractivity (Wildman–Crippen MR) is 143 cm³/mol. The zero-order chi connectivity index (χ0) is 24.9. The minimum absolute atomic E-state index is 0. The normalized spacial score (nSPS) is 13.4. The van der Waals surface area contributed by atoms with Gasteiger partial charge in [0.15, 0.2) is 5.78 Å². The van der Waals surface area contributed by atoms with Crippen LogP contribution in [0.25, 0.3) is 0 Å². The SMILES string of the molecule is Br.CC(=O)N(C)c1ccc2c(c1)C(=N)N(CC(=O)c1cc(C(C)(C)C)c(O)c(C(C)(C)C)c1)C2. The van der Waals surface area contributed by atoms with Crippen LogP contribution in [0.2, 0.25) is 0 Å². The molecule has 7 heteroatoms. The molecule has 0 aromatic heterocycles. The fourth-order valence-corrected chi connectivity index (χ4v) is 4.11. The van der Waals surface area contributed by atoms with Gasteiger partial charge in [-0.2, -0.15) is 0 Å². The highest BCUT2D eigenvalue weighted by Crippen LogP contribution is 2.40. The van der Waals surface area contributed by atoms with Gasteiger partial charge in [-0.15, -0.1) is 17.0 Å². The Bertz CT molecular complexity index is 1110. The number of carbonyl (C=O) groups excluding carboxylic acids is 2. The number of anilines is 1. The number of Topliss-reactive ketones (excluding diaryl/α,β-unsaturated/α-hetero) is 1. The summed E-state index contributed by atoms with van der Waals surface area (Å²) in [7, 11) is 1.70. The number of nitrogens with zero attached hydrogens (tertiary/aromatic N) is 2. The van der Waals surface area contributed by atoms with Crippen LogP contribution in [0.15, 0.2) is 30.3 Å². The monoisotopic (exact) mass is 529 g/mol. The largest absolute Gasteiger partial charge is 0.507 e. The van der Waals surface area contributed by atoms with Gasteiger partial charge < -0.3 is 14.9 Å². The molecule has 2 N–H and O–H groups in total. The third-order valence-electron chi connectivity index (χ3n) is 6.27. The van der Waals surface area contributed by atoms with E-state index in [0.717, 1.165) is 27.9 Å². The van der Waals surface area contributed by atoms with Crippen LogP contribution < -0.4 is 4.90 Å². The summed E-state index contributed by atoms with van der Waals surface area (Å²) < 4.78 is 0. The Labute approximate surface area is 213 Å². The maximum atomic E-state index is 13.4. The molecule has 1 amide bonds. The summed E-state index contributed by atoms with van der Waals surface area (Å²) in [6.07, 6.45) is 0. The third kappa shape index (κ3) is 5.35. The molecule has 1 aliphatic heterocycles. The molecule has 3 rings (SSSR count). The molecule has 0 bridgehead atoms. The van der Waals surface area contributed by atoms with Gasteiger partial charge in [0.2, 0.25) is 5.91 Å². The lowest BCUT2D eigenvalue weighted by molar-refractivity contribution is -0.116. The molecule has 0 fully saturated rings. The molecule has 2 aromatic carbocycles. The van der Waals surface area contributed by atoms with Crippen molar-refractivity contribution in [1.29, 1.82) is 5.41 Å². The second-order valence-corrected chi connectivity index (χ2v) is 11.0. The number of phenols is 1. The van der Waals surface area contributed by atoms with Crippen molar-refractivity contribution in [3.05, 3.63) is 58.1 Å². The standard InChI is InChI=1S/C27H35N3O3.BrH/c1-16(31)29(8)19-10-9-17-14-30(25(28)20(17)13-19)15-23(32)18-11-21(26(2,3)4)24(33)22(12-18)27(5,6)7;/h9-13,28,33H,14-15H2,1-8H3;1H. The number of amides is 1. The summed E-state index contributed by atoms with van der Waals surface area (Å²) in [4.78, 5) is 28.4. The van der Waals surface area contributed by atoms with Crippen LogP contribution in [0.4, 0.5) is 5.69 Å². The van der Waals surface area contributed by atoms with Crippen LogP contribution in [-0.2, 0) is 22.2 Å². The van der Waals surface area contributed by atoms with E-state index in [-0.39, 0.29) is 57.6 Å². The molecule has 0 atom stereocenters. The molecule has 6 nitrogen and oxygen atoms in total. The molecule has 0 saturated carbocycles. The van der Waals surface area contributed by atoms with E-state index in [1.54, 1.807) is 29.0 Å². The lowest BCUT2D eigenvalue weighted by Crippen LogP contribution is -2.31. The second kappa shape index (κ2) is 9.53. The zero-order valence-corrected chi connectivity index (χ0v) is 23.1. The first-order valence-corrected chi connectivity index (χ1v) is 11.2. The number of fused-ring (bicyclic) bond motifs is 1. The minimum atomic E-state index is -0.323. The van der Waals surface area contributed by atoms with E-state index in [1.807, 2.05) is 59.7 Å². The number of phenolic OH excluding ortho intramolecular Hbond substituents is 1. The Morgan fingerprint density at radius 2 is 1.56 bits per heavy atom. The molecule has 1 heterocycles. The fourth-order valence-electron chi connectivity index (χ4n) is 4.11. The first kappa shape index (κ1) is 27.6. The van der Waals surface area contributed by atoms with Gasteiger partial charge in [0.25, 0.3) is 0 Å².